The second-order valence-corrected chi connectivity index (χ2v) is 5.59. The molecule has 102 valence electrons. The van der Waals surface area contributed by atoms with Gasteiger partial charge >= 0.3 is 0 Å². The Balaban J connectivity index is 1.93. The molecule has 0 radical (unpaired) electrons. The molecule has 2 aromatic rings. The second-order valence-electron chi connectivity index (χ2n) is 5.59. The molecule has 3 rings (SSSR count). The number of rotatable bonds is 3. The Morgan fingerprint density at radius 3 is 2.68 bits per heavy atom. The highest BCUT2D eigenvalue weighted by Crippen LogP contribution is 2.24. The van der Waals surface area contributed by atoms with Crippen molar-refractivity contribution in [2.45, 2.75) is 32.4 Å². The summed E-state index contributed by atoms with van der Waals surface area (Å²) in [5.41, 5.74) is 9.80. The quantitative estimate of drug-likeness (QED) is 0.917. The maximum atomic E-state index is 5.85. The molecule has 1 saturated heterocycles. The zero-order valence-corrected chi connectivity index (χ0v) is 11.7. The Bertz CT molecular complexity index is 565. The Kier molecular flexibility index (Phi) is 3.58. The van der Waals surface area contributed by atoms with E-state index in [1.807, 2.05) is 0 Å². The number of hydrogen-bond donors (Lipinski definition) is 1. The molecule has 19 heavy (non-hydrogen) atoms. The summed E-state index contributed by atoms with van der Waals surface area (Å²) < 4.78 is 2.33. The van der Waals surface area contributed by atoms with Crippen molar-refractivity contribution in [2.75, 3.05) is 13.1 Å². The average molecular weight is 257 g/mol. The van der Waals surface area contributed by atoms with Crippen molar-refractivity contribution in [1.29, 1.82) is 0 Å². The minimum atomic E-state index is 0.609. The lowest BCUT2D eigenvalue weighted by atomic mass is 10.1. The molecule has 3 heteroatoms. The molecular formula is C16H23N3. The van der Waals surface area contributed by atoms with E-state index in [2.05, 4.69) is 40.8 Å². The van der Waals surface area contributed by atoms with Gasteiger partial charge in [-0.3, -0.25) is 4.90 Å². The van der Waals surface area contributed by atoms with Gasteiger partial charge in [-0.2, -0.15) is 0 Å². The molecule has 2 N–H and O–H groups in total. The molecule has 0 atom stereocenters. The first kappa shape index (κ1) is 12.7. The van der Waals surface area contributed by atoms with E-state index >= 15 is 0 Å². The number of nitrogens with zero attached hydrogens (tertiary/aromatic N) is 2. The monoisotopic (exact) mass is 257 g/mol. The predicted molar refractivity (Wildman–Crippen MR) is 79.9 cm³/mol. The first-order chi connectivity index (χ1) is 9.29. The summed E-state index contributed by atoms with van der Waals surface area (Å²) in [6.07, 6.45) is 4.08. The van der Waals surface area contributed by atoms with E-state index in [-0.39, 0.29) is 0 Å². The SMILES string of the molecule is Cn1c(CN2CCCCC2)cc2cccc(CN)c21. The lowest BCUT2D eigenvalue weighted by molar-refractivity contribution is 0.217. The maximum absolute atomic E-state index is 5.85. The molecule has 1 fully saturated rings. The van der Waals surface area contributed by atoms with Crippen LogP contribution in [0.5, 0.6) is 0 Å². The van der Waals surface area contributed by atoms with Crippen molar-refractivity contribution in [3.8, 4) is 0 Å². The van der Waals surface area contributed by atoms with Crippen molar-refractivity contribution in [2.24, 2.45) is 12.8 Å². The summed E-state index contributed by atoms with van der Waals surface area (Å²) in [6, 6.07) is 8.75. The Morgan fingerprint density at radius 2 is 1.95 bits per heavy atom. The van der Waals surface area contributed by atoms with E-state index in [1.54, 1.807) is 0 Å². The normalized spacial score (nSPS) is 17.2. The summed E-state index contributed by atoms with van der Waals surface area (Å²) in [5, 5.41) is 1.32. The number of benzene rings is 1. The molecule has 1 aromatic heterocycles. The van der Waals surface area contributed by atoms with Crippen LogP contribution >= 0.6 is 0 Å². The lowest BCUT2D eigenvalue weighted by Crippen LogP contribution is -2.29. The molecular weight excluding hydrogens is 234 g/mol. The van der Waals surface area contributed by atoms with Gasteiger partial charge in [0.25, 0.3) is 0 Å². The highest BCUT2D eigenvalue weighted by Gasteiger charge is 2.14. The first-order valence-corrected chi connectivity index (χ1v) is 7.28. The van der Waals surface area contributed by atoms with Gasteiger partial charge < -0.3 is 10.3 Å². The summed E-state index contributed by atoms with van der Waals surface area (Å²) in [7, 11) is 2.17. The van der Waals surface area contributed by atoms with E-state index in [4.69, 9.17) is 5.73 Å². The Morgan fingerprint density at radius 1 is 1.16 bits per heavy atom. The summed E-state index contributed by atoms with van der Waals surface area (Å²) in [5.74, 6) is 0. The number of nitrogens with two attached hydrogens (primary N) is 1. The van der Waals surface area contributed by atoms with E-state index in [9.17, 15) is 0 Å². The van der Waals surface area contributed by atoms with Crippen molar-refractivity contribution in [3.05, 3.63) is 35.5 Å². The first-order valence-electron chi connectivity index (χ1n) is 7.28. The third-order valence-corrected chi connectivity index (χ3v) is 4.29. The summed E-state index contributed by atoms with van der Waals surface area (Å²) >= 11 is 0. The van der Waals surface area contributed by atoms with Crippen LogP contribution in [-0.4, -0.2) is 22.6 Å². The van der Waals surface area contributed by atoms with E-state index in [0.717, 1.165) is 6.54 Å². The molecule has 1 aliphatic rings. The molecule has 0 unspecified atom stereocenters. The molecule has 0 saturated carbocycles. The van der Waals surface area contributed by atoms with E-state index in [0.29, 0.717) is 6.54 Å². The van der Waals surface area contributed by atoms with Crippen molar-refractivity contribution < 1.29 is 0 Å². The molecule has 0 spiro atoms. The van der Waals surface area contributed by atoms with Crippen molar-refractivity contribution >= 4 is 10.9 Å². The highest BCUT2D eigenvalue weighted by molar-refractivity contribution is 5.84. The smallest absolute Gasteiger partial charge is 0.0525 e. The minimum Gasteiger partial charge on any atom is -0.346 e. The average Bonchev–Trinajstić information content (AvgIpc) is 2.77. The van der Waals surface area contributed by atoms with Gasteiger partial charge in [0, 0.05) is 31.2 Å². The number of aromatic nitrogens is 1. The van der Waals surface area contributed by atoms with Crippen LogP contribution in [-0.2, 0) is 20.1 Å². The maximum Gasteiger partial charge on any atom is 0.0525 e. The van der Waals surface area contributed by atoms with Crippen LogP contribution in [0.25, 0.3) is 10.9 Å². The van der Waals surface area contributed by atoms with Gasteiger partial charge in [0.15, 0.2) is 0 Å². The molecule has 2 heterocycles. The van der Waals surface area contributed by atoms with Crippen LogP contribution in [0.4, 0.5) is 0 Å². The number of para-hydroxylation sites is 1. The van der Waals surface area contributed by atoms with Crippen LogP contribution in [0.3, 0.4) is 0 Å². The highest BCUT2D eigenvalue weighted by atomic mass is 15.1. The van der Waals surface area contributed by atoms with Crippen molar-refractivity contribution in [1.82, 2.24) is 9.47 Å². The van der Waals surface area contributed by atoms with Crippen LogP contribution in [0.15, 0.2) is 24.3 Å². The zero-order chi connectivity index (χ0) is 13.2. The number of fused-ring (bicyclic) bond motifs is 1. The number of likely N-dealkylation sites (tertiary alicyclic amines) is 1. The third-order valence-electron chi connectivity index (χ3n) is 4.29. The van der Waals surface area contributed by atoms with Gasteiger partial charge in [-0.1, -0.05) is 24.6 Å². The second kappa shape index (κ2) is 5.35. The van der Waals surface area contributed by atoms with Gasteiger partial charge in [0.1, 0.15) is 0 Å². The number of hydrogen-bond acceptors (Lipinski definition) is 2. The molecule has 0 aliphatic carbocycles. The molecule has 3 nitrogen and oxygen atoms in total. The van der Waals surface area contributed by atoms with Crippen molar-refractivity contribution in [3.63, 3.8) is 0 Å². The number of piperidine rings is 1. The topological polar surface area (TPSA) is 34.2 Å². The third kappa shape index (κ3) is 2.40. The fraction of sp³-hybridized carbons (Fsp3) is 0.500. The molecule has 1 aromatic carbocycles. The van der Waals surface area contributed by atoms with Gasteiger partial charge in [0.05, 0.1) is 5.52 Å². The summed E-state index contributed by atoms with van der Waals surface area (Å²) in [6.45, 7) is 4.16. The van der Waals surface area contributed by atoms with Crippen LogP contribution < -0.4 is 5.73 Å². The Labute approximate surface area is 115 Å². The van der Waals surface area contributed by atoms with Crippen LogP contribution in [0, 0.1) is 0 Å². The lowest BCUT2D eigenvalue weighted by Gasteiger charge is -2.26. The van der Waals surface area contributed by atoms with Gasteiger partial charge in [-0.15, -0.1) is 0 Å². The van der Waals surface area contributed by atoms with Gasteiger partial charge in [-0.05, 0) is 37.6 Å². The molecule has 0 amide bonds. The van der Waals surface area contributed by atoms with Crippen LogP contribution in [0.1, 0.15) is 30.5 Å². The largest absolute Gasteiger partial charge is 0.346 e. The van der Waals surface area contributed by atoms with E-state index in [1.165, 1.54) is 54.5 Å². The standard InChI is InChI=1S/C16H23N3/c1-18-15(12-19-8-3-2-4-9-19)10-13-6-5-7-14(11-17)16(13)18/h5-7,10H,2-4,8-9,11-12,17H2,1H3. The predicted octanol–water partition coefficient (Wildman–Crippen LogP) is 2.62. The number of aryl methyl sites for hydroxylation is 1. The van der Waals surface area contributed by atoms with E-state index < -0.39 is 0 Å². The van der Waals surface area contributed by atoms with Gasteiger partial charge in [-0.25, -0.2) is 0 Å². The zero-order valence-electron chi connectivity index (χ0n) is 11.7. The minimum absolute atomic E-state index is 0.609. The molecule has 1 aliphatic heterocycles. The van der Waals surface area contributed by atoms with Gasteiger partial charge in [0.2, 0.25) is 0 Å². The van der Waals surface area contributed by atoms with Crippen LogP contribution in [0.2, 0.25) is 0 Å². The summed E-state index contributed by atoms with van der Waals surface area (Å²) in [4.78, 5) is 2.57. The Hall–Kier alpha value is -1.32. The fourth-order valence-corrected chi connectivity index (χ4v) is 3.22. The molecule has 0 bridgehead atoms. The fourth-order valence-electron chi connectivity index (χ4n) is 3.22.